The SMILES string of the molecule is COc1ccc(-c2oc3cc(O)ccc3c(=O)c2C)cc1. The molecule has 0 aliphatic carbocycles. The van der Waals surface area contributed by atoms with Crippen LogP contribution in [0.5, 0.6) is 11.5 Å². The van der Waals surface area contributed by atoms with Crippen molar-refractivity contribution in [3.63, 3.8) is 0 Å². The second-order valence-electron chi connectivity index (χ2n) is 4.79. The standard InChI is InChI=1S/C17H14O4/c1-10-16(19)14-8-5-12(18)9-15(14)21-17(10)11-3-6-13(20-2)7-4-11/h3-9,18H,1-2H3. The van der Waals surface area contributed by atoms with E-state index in [1.165, 1.54) is 12.1 Å². The topological polar surface area (TPSA) is 59.7 Å². The molecule has 0 fully saturated rings. The van der Waals surface area contributed by atoms with Crippen LogP contribution >= 0.6 is 0 Å². The number of ether oxygens (including phenoxy) is 1. The Morgan fingerprint density at radius 1 is 1.10 bits per heavy atom. The average Bonchev–Trinajstić information content (AvgIpc) is 2.51. The van der Waals surface area contributed by atoms with Crippen LogP contribution in [0.15, 0.2) is 51.7 Å². The van der Waals surface area contributed by atoms with E-state index in [4.69, 9.17) is 9.15 Å². The smallest absolute Gasteiger partial charge is 0.196 e. The van der Waals surface area contributed by atoms with Crippen LogP contribution < -0.4 is 10.2 Å². The normalized spacial score (nSPS) is 10.8. The van der Waals surface area contributed by atoms with Crippen LogP contribution in [-0.4, -0.2) is 12.2 Å². The van der Waals surface area contributed by atoms with Crippen molar-refractivity contribution >= 4 is 11.0 Å². The fourth-order valence-corrected chi connectivity index (χ4v) is 2.29. The van der Waals surface area contributed by atoms with Gasteiger partial charge in [-0.2, -0.15) is 0 Å². The van der Waals surface area contributed by atoms with Crippen molar-refractivity contribution in [3.8, 4) is 22.8 Å². The third-order valence-corrected chi connectivity index (χ3v) is 3.46. The second-order valence-corrected chi connectivity index (χ2v) is 4.79. The van der Waals surface area contributed by atoms with Crippen molar-refractivity contribution < 1.29 is 14.3 Å². The van der Waals surface area contributed by atoms with Gasteiger partial charge in [0.1, 0.15) is 22.8 Å². The Bertz CT molecular complexity index is 860. The monoisotopic (exact) mass is 282 g/mol. The summed E-state index contributed by atoms with van der Waals surface area (Å²) in [4.78, 5) is 12.4. The molecule has 0 amide bonds. The molecule has 0 unspecified atom stereocenters. The van der Waals surface area contributed by atoms with Gasteiger partial charge in [-0.25, -0.2) is 0 Å². The molecule has 1 aromatic heterocycles. The van der Waals surface area contributed by atoms with Crippen LogP contribution in [0.4, 0.5) is 0 Å². The van der Waals surface area contributed by atoms with Crippen molar-refractivity contribution in [2.45, 2.75) is 6.92 Å². The lowest BCUT2D eigenvalue weighted by Crippen LogP contribution is -2.07. The fourth-order valence-electron chi connectivity index (χ4n) is 2.29. The average molecular weight is 282 g/mol. The molecular weight excluding hydrogens is 268 g/mol. The van der Waals surface area contributed by atoms with Crippen LogP contribution in [0.1, 0.15) is 5.56 Å². The first-order chi connectivity index (χ1) is 10.1. The Balaban J connectivity index is 2.26. The van der Waals surface area contributed by atoms with Gasteiger partial charge in [-0.15, -0.1) is 0 Å². The molecule has 0 atom stereocenters. The molecule has 3 aromatic rings. The van der Waals surface area contributed by atoms with E-state index in [0.29, 0.717) is 22.3 Å². The maximum Gasteiger partial charge on any atom is 0.196 e. The first kappa shape index (κ1) is 13.2. The van der Waals surface area contributed by atoms with Crippen LogP contribution in [0.3, 0.4) is 0 Å². The largest absolute Gasteiger partial charge is 0.508 e. The summed E-state index contributed by atoms with van der Waals surface area (Å²) in [7, 11) is 1.60. The van der Waals surface area contributed by atoms with Crippen LogP contribution in [0, 0.1) is 6.92 Å². The third-order valence-electron chi connectivity index (χ3n) is 3.46. The van der Waals surface area contributed by atoms with E-state index in [1.54, 1.807) is 32.2 Å². The molecule has 2 aromatic carbocycles. The van der Waals surface area contributed by atoms with Gasteiger partial charge < -0.3 is 14.3 Å². The zero-order valence-corrected chi connectivity index (χ0v) is 11.7. The number of hydrogen-bond acceptors (Lipinski definition) is 4. The van der Waals surface area contributed by atoms with Crippen molar-refractivity contribution in [1.82, 2.24) is 0 Å². The molecule has 106 valence electrons. The molecule has 0 radical (unpaired) electrons. The van der Waals surface area contributed by atoms with Gasteiger partial charge in [0.05, 0.1) is 12.5 Å². The summed E-state index contributed by atoms with van der Waals surface area (Å²) in [5.41, 5.74) is 1.60. The first-order valence-corrected chi connectivity index (χ1v) is 6.51. The van der Waals surface area contributed by atoms with E-state index in [9.17, 15) is 9.90 Å². The van der Waals surface area contributed by atoms with Crippen molar-refractivity contribution in [3.05, 3.63) is 58.3 Å². The Morgan fingerprint density at radius 3 is 2.48 bits per heavy atom. The number of hydrogen-bond donors (Lipinski definition) is 1. The Morgan fingerprint density at radius 2 is 1.81 bits per heavy atom. The number of benzene rings is 2. The molecule has 0 bridgehead atoms. The molecule has 3 rings (SSSR count). The highest BCUT2D eigenvalue weighted by Gasteiger charge is 2.13. The highest BCUT2D eigenvalue weighted by Crippen LogP contribution is 2.28. The second kappa shape index (κ2) is 4.98. The summed E-state index contributed by atoms with van der Waals surface area (Å²) in [5.74, 6) is 1.30. The molecule has 0 aliphatic rings. The minimum absolute atomic E-state index is 0.0650. The summed E-state index contributed by atoms with van der Waals surface area (Å²) in [6.45, 7) is 1.73. The predicted molar refractivity (Wildman–Crippen MR) is 80.9 cm³/mol. The van der Waals surface area contributed by atoms with Crippen LogP contribution in [0.25, 0.3) is 22.3 Å². The number of fused-ring (bicyclic) bond motifs is 1. The maximum absolute atomic E-state index is 12.4. The van der Waals surface area contributed by atoms with E-state index in [1.807, 2.05) is 12.1 Å². The van der Waals surface area contributed by atoms with Crippen molar-refractivity contribution in [1.29, 1.82) is 0 Å². The quantitative estimate of drug-likeness (QED) is 0.781. The first-order valence-electron chi connectivity index (χ1n) is 6.51. The summed E-state index contributed by atoms with van der Waals surface area (Å²) < 4.78 is 10.9. The highest BCUT2D eigenvalue weighted by atomic mass is 16.5. The van der Waals surface area contributed by atoms with Crippen LogP contribution in [0.2, 0.25) is 0 Å². The fraction of sp³-hybridized carbons (Fsp3) is 0.118. The van der Waals surface area contributed by atoms with Gasteiger partial charge in [-0.1, -0.05) is 0 Å². The zero-order valence-electron chi connectivity index (χ0n) is 11.7. The number of aromatic hydroxyl groups is 1. The molecule has 1 heterocycles. The zero-order chi connectivity index (χ0) is 15.0. The van der Waals surface area contributed by atoms with Crippen LogP contribution in [-0.2, 0) is 0 Å². The van der Waals surface area contributed by atoms with Gasteiger partial charge in [-0.05, 0) is 43.3 Å². The number of methoxy groups -OCH3 is 1. The van der Waals surface area contributed by atoms with Gasteiger partial charge in [-0.3, -0.25) is 4.79 Å². The Hall–Kier alpha value is -2.75. The van der Waals surface area contributed by atoms with Gasteiger partial charge in [0, 0.05) is 17.2 Å². The molecule has 4 heteroatoms. The number of phenols is 1. The lowest BCUT2D eigenvalue weighted by Gasteiger charge is -2.08. The third kappa shape index (κ3) is 2.25. The molecular formula is C17H14O4. The lowest BCUT2D eigenvalue weighted by molar-refractivity contribution is 0.415. The minimum Gasteiger partial charge on any atom is -0.508 e. The molecule has 4 nitrogen and oxygen atoms in total. The van der Waals surface area contributed by atoms with Gasteiger partial charge in [0.25, 0.3) is 0 Å². The lowest BCUT2D eigenvalue weighted by atomic mass is 10.1. The van der Waals surface area contributed by atoms with E-state index >= 15 is 0 Å². The summed E-state index contributed by atoms with van der Waals surface area (Å²) >= 11 is 0. The Labute approximate surface area is 121 Å². The molecule has 0 aliphatic heterocycles. The van der Waals surface area contributed by atoms with E-state index < -0.39 is 0 Å². The molecule has 0 spiro atoms. The summed E-state index contributed by atoms with van der Waals surface area (Å²) in [5, 5.41) is 10.0. The summed E-state index contributed by atoms with van der Waals surface area (Å²) in [6.07, 6.45) is 0. The van der Waals surface area contributed by atoms with Crippen molar-refractivity contribution in [2.24, 2.45) is 0 Å². The van der Waals surface area contributed by atoms with E-state index in [0.717, 1.165) is 11.3 Å². The maximum atomic E-state index is 12.4. The minimum atomic E-state index is -0.0953. The van der Waals surface area contributed by atoms with Crippen molar-refractivity contribution in [2.75, 3.05) is 7.11 Å². The Kier molecular flexibility index (Phi) is 3.14. The highest BCUT2D eigenvalue weighted by molar-refractivity contribution is 5.81. The molecule has 21 heavy (non-hydrogen) atoms. The predicted octanol–water partition coefficient (Wildman–Crippen LogP) is 3.48. The van der Waals surface area contributed by atoms with Gasteiger partial charge in [0.2, 0.25) is 0 Å². The number of rotatable bonds is 2. The van der Waals surface area contributed by atoms with Gasteiger partial charge >= 0.3 is 0 Å². The van der Waals surface area contributed by atoms with Gasteiger partial charge in [0.15, 0.2) is 5.43 Å². The number of phenolic OH excluding ortho intramolecular Hbond substituents is 1. The molecule has 0 saturated carbocycles. The molecule has 0 saturated heterocycles. The van der Waals surface area contributed by atoms with E-state index in [-0.39, 0.29) is 11.2 Å². The van der Waals surface area contributed by atoms with E-state index in [2.05, 4.69) is 0 Å². The molecule has 1 N–H and O–H groups in total. The summed E-state index contributed by atoms with van der Waals surface area (Å²) in [6, 6.07) is 11.8.